The molecule has 2 aromatic carbocycles. The van der Waals surface area contributed by atoms with Gasteiger partial charge in [-0.3, -0.25) is 0 Å². The number of amidine groups is 1. The highest BCUT2D eigenvalue weighted by atomic mass is 35.5. The number of alkyl halides is 1. The number of nitrogens with two attached hydrogens (primary N) is 1. The lowest BCUT2D eigenvalue weighted by Crippen LogP contribution is -2.12. The molecule has 110 valence electrons. The molecule has 3 nitrogen and oxygen atoms in total. The SMILES string of the molecule is NC(CCl)=Nc1ccc(Oc2cccc(Cl)c2F)c(F)c1. The average Bonchev–Trinajstić information content (AvgIpc) is 2.46. The fraction of sp³-hybridized carbons (Fsp3) is 0.0714. The van der Waals surface area contributed by atoms with Gasteiger partial charge in [0.1, 0.15) is 5.84 Å². The zero-order valence-corrected chi connectivity index (χ0v) is 12.1. The second-order valence-electron chi connectivity index (χ2n) is 4.01. The van der Waals surface area contributed by atoms with Gasteiger partial charge in [0.05, 0.1) is 16.6 Å². The molecule has 0 atom stereocenters. The van der Waals surface area contributed by atoms with Crippen molar-refractivity contribution in [3.05, 3.63) is 53.1 Å². The summed E-state index contributed by atoms with van der Waals surface area (Å²) in [6, 6.07) is 8.11. The summed E-state index contributed by atoms with van der Waals surface area (Å²) in [6.07, 6.45) is 0. The minimum Gasteiger partial charge on any atom is -0.451 e. The first-order valence-electron chi connectivity index (χ1n) is 5.81. The number of benzene rings is 2. The maximum Gasteiger partial charge on any atom is 0.184 e. The van der Waals surface area contributed by atoms with Gasteiger partial charge in [0.25, 0.3) is 0 Å². The van der Waals surface area contributed by atoms with Crippen LogP contribution in [0.25, 0.3) is 0 Å². The standard InChI is InChI=1S/C14H10Cl2F2N2O/c15-7-13(19)20-8-4-5-11(10(17)6-8)21-12-3-1-2-9(16)14(12)18/h1-6H,7H2,(H2,19,20). The predicted molar refractivity (Wildman–Crippen MR) is 79.9 cm³/mol. The summed E-state index contributed by atoms with van der Waals surface area (Å²) in [6.45, 7) is 0. The Kier molecular flexibility index (Phi) is 4.98. The largest absolute Gasteiger partial charge is 0.451 e. The number of ether oxygens (including phenoxy) is 1. The summed E-state index contributed by atoms with van der Waals surface area (Å²) in [5, 5.41) is -0.107. The maximum absolute atomic E-state index is 13.9. The van der Waals surface area contributed by atoms with Crippen LogP contribution in [0.15, 0.2) is 41.4 Å². The zero-order chi connectivity index (χ0) is 15.4. The van der Waals surface area contributed by atoms with Crippen molar-refractivity contribution in [3.63, 3.8) is 0 Å². The second-order valence-corrected chi connectivity index (χ2v) is 4.68. The zero-order valence-electron chi connectivity index (χ0n) is 10.6. The molecule has 0 fully saturated rings. The van der Waals surface area contributed by atoms with Crippen LogP contribution in [0.4, 0.5) is 14.5 Å². The van der Waals surface area contributed by atoms with Crippen molar-refractivity contribution in [2.45, 2.75) is 0 Å². The molecule has 0 radical (unpaired) electrons. The number of nitrogens with zero attached hydrogens (tertiary/aromatic N) is 1. The summed E-state index contributed by atoms with van der Waals surface area (Å²) in [5.41, 5.74) is 5.74. The topological polar surface area (TPSA) is 47.6 Å². The molecule has 0 heterocycles. The molecule has 2 aromatic rings. The molecule has 0 amide bonds. The third-order valence-electron chi connectivity index (χ3n) is 2.46. The molecule has 0 saturated heterocycles. The van der Waals surface area contributed by atoms with Gasteiger partial charge in [-0.1, -0.05) is 17.7 Å². The van der Waals surface area contributed by atoms with Crippen LogP contribution in [0.1, 0.15) is 0 Å². The van der Waals surface area contributed by atoms with Gasteiger partial charge in [-0.25, -0.2) is 13.8 Å². The van der Waals surface area contributed by atoms with Crippen LogP contribution in [-0.4, -0.2) is 11.7 Å². The smallest absolute Gasteiger partial charge is 0.184 e. The molecule has 0 unspecified atom stereocenters. The van der Waals surface area contributed by atoms with Crippen LogP contribution in [0.5, 0.6) is 11.5 Å². The molecule has 0 aliphatic carbocycles. The predicted octanol–water partition coefficient (Wildman–Crippen LogP) is 4.64. The van der Waals surface area contributed by atoms with Crippen LogP contribution >= 0.6 is 23.2 Å². The van der Waals surface area contributed by atoms with Crippen molar-refractivity contribution in [2.24, 2.45) is 10.7 Å². The maximum atomic E-state index is 13.9. The average molecular weight is 331 g/mol. The lowest BCUT2D eigenvalue weighted by Gasteiger charge is -2.08. The first kappa shape index (κ1) is 15.5. The van der Waals surface area contributed by atoms with Crippen LogP contribution < -0.4 is 10.5 Å². The first-order valence-corrected chi connectivity index (χ1v) is 6.73. The number of rotatable bonds is 4. The van der Waals surface area contributed by atoms with E-state index in [0.29, 0.717) is 0 Å². The van der Waals surface area contributed by atoms with Crippen molar-refractivity contribution in [3.8, 4) is 11.5 Å². The summed E-state index contributed by atoms with van der Waals surface area (Å²) >= 11 is 11.1. The minimum atomic E-state index is -0.757. The van der Waals surface area contributed by atoms with Crippen molar-refractivity contribution < 1.29 is 13.5 Å². The lowest BCUT2D eigenvalue weighted by atomic mass is 10.3. The summed E-state index contributed by atoms with van der Waals surface area (Å²) < 4.78 is 32.7. The third-order valence-corrected chi connectivity index (χ3v) is 3.03. The number of halogens is 4. The van der Waals surface area contributed by atoms with E-state index in [1.807, 2.05) is 0 Å². The van der Waals surface area contributed by atoms with E-state index in [1.54, 1.807) is 0 Å². The molecule has 0 aromatic heterocycles. The molecule has 21 heavy (non-hydrogen) atoms. The van der Waals surface area contributed by atoms with Gasteiger partial charge in [-0.05, 0) is 24.3 Å². The molecule has 0 aliphatic rings. The molecular formula is C14H10Cl2F2N2O. The fourth-order valence-corrected chi connectivity index (χ4v) is 1.74. The minimum absolute atomic E-state index is 0.0353. The molecular weight excluding hydrogens is 321 g/mol. The Hall–Kier alpha value is -1.85. The van der Waals surface area contributed by atoms with Crippen LogP contribution in [0, 0.1) is 11.6 Å². The van der Waals surface area contributed by atoms with Gasteiger partial charge in [0.15, 0.2) is 23.1 Å². The second kappa shape index (κ2) is 6.74. The van der Waals surface area contributed by atoms with Gasteiger partial charge in [0.2, 0.25) is 0 Å². The monoisotopic (exact) mass is 330 g/mol. The Morgan fingerprint density at radius 1 is 1.19 bits per heavy atom. The van der Waals surface area contributed by atoms with E-state index in [4.69, 9.17) is 33.7 Å². The van der Waals surface area contributed by atoms with Gasteiger partial charge in [-0.15, -0.1) is 11.6 Å². The van der Waals surface area contributed by atoms with E-state index in [9.17, 15) is 8.78 Å². The highest BCUT2D eigenvalue weighted by Crippen LogP contribution is 2.31. The quantitative estimate of drug-likeness (QED) is 0.504. The molecule has 2 N–H and O–H groups in total. The van der Waals surface area contributed by atoms with Gasteiger partial charge in [0, 0.05) is 6.07 Å². The van der Waals surface area contributed by atoms with Crippen molar-refractivity contribution in [2.75, 3.05) is 5.88 Å². The van der Waals surface area contributed by atoms with E-state index in [2.05, 4.69) is 4.99 Å². The number of hydrogen-bond acceptors (Lipinski definition) is 2. The number of hydrogen-bond donors (Lipinski definition) is 1. The van der Waals surface area contributed by atoms with E-state index in [1.165, 1.54) is 30.3 Å². The van der Waals surface area contributed by atoms with E-state index < -0.39 is 11.6 Å². The van der Waals surface area contributed by atoms with Crippen LogP contribution in [-0.2, 0) is 0 Å². The van der Waals surface area contributed by atoms with E-state index in [-0.39, 0.29) is 33.9 Å². The van der Waals surface area contributed by atoms with Crippen LogP contribution in [0.3, 0.4) is 0 Å². The summed E-state index contributed by atoms with van der Waals surface area (Å²) in [5.74, 6) is -1.60. The molecule has 0 saturated carbocycles. The Labute approximate surface area is 130 Å². The Balaban J connectivity index is 2.28. The highest BCUT2D eigenvalue weighted by Gasteiger charge is 2.11. The van der Waals surface area contributed by atoms with Gasteiger partial charge >= 0.3 is 0 Å². The Bertz CT molecular complexity index is 693. The van der Waals surface area contributed by atoms with Gasteiger partial charge in [-0.2, -0.15) is 0 Å². The molecule has 0 bridgehead atoms. The normalized spacial score (nSPS) is 11.5. The molecule has 0 spiro atoms. The summed E-state index contributed by atoms with van der Waals surface area (Å²) in [4.78, 5) is 3.89. The molecule has 0 aliphatic heterocycles. The van der Waals surface area contributed by atoms with Crippen molar-refractivity contribution >= 4 is 34.7 Å². The first-order chi connectivity index (χ1) is 10.0. The fourth-order valence-electron chi connectivity index (χ4n) is 1.52. The van der Waals surface area contributed by atoms with E-state index in [0.717, 1.165) is 6.07 Å². The Morgan fingerprint density at radius 2 is 1.95 bits per heavy atom. The highest BCUT2D eigenvalue weighted by molar-refractivity contribution is 6.30. The lowest BCUT2D eigenvalue weighted by molar-refractivity contribution is 0.415. The molecule has 7 heteroatoms. The van der Waals surface area contributed by atoms with Gasteiger partial charge < -0.3 is 10.5 Å². The van der Waals surface area contributed by atoms with Crippen molar-refractivity contribution in [1.82, 2.24) is 0 Å². The Morgan fingerprint density at radius 3 is 2.62 bits per heavy atom. The third kappa shape index (κ3) is 3.83. The van der Waals surface area contributed by atoms with Crippen molar-refractivity contribution in [1.29, 1.82) is 0 Å². The number of aliphatic imine (C=N–C) groups is 1. The molecule has 2 rings (SSSR count). The van der Waals surface area contributed by atoms with E-state index >= 15 is 0 Å². The summed E-state index contributed by atoms with van der Waals surface area (Å²) in [7, 11) is 0. The van der Waals surface area contributed by atoms with Crippen LogP contribution in [0.2, 0.25) is 5.02 Å².